The number of amides is 3. The number of H-pyrrole nitrogens is 1. The fourth-order valence-corrected chi connectivity index (χ4v) is 3.29. The van der Waals surface area contributed by atoms with Crippen molar-refractivity contribution in [3.8, 4) is 0 Å². The van der Waals surface area contributed by atoms with Gasteiger partial charge in [0.15, 0.2) is 5.82 Å². The van der Waals surface area contributed by atoms with Crippen LogP contribution < -0.4 is 10.6 Å². The fraction of sp³-hybridized carbons (Fsp3) is 0.444. The van der Waals surface area contributed by atoms with Crippen LogP contribution in [-0.4, -0.2) is 62.3 Å². The van der Waals surface area contributed by atoms with Gasteiger partial charge in [0.1, 0.15) is 6.04 Å². The van der Waals surface area contributed by atoms with Crippen LogP contribution in [0.5, 0.6) is 0 Å². The molecule has 0 aromatic carbocycles. The van der Waals surface area contributed by atoms with Crippen molar-refractivity contribution < 1.29 is 14.4 Å². The molecule has 0 radical (unpaired) electrons. The summed E-state index contributed by atoms with van der Waals surface area (Å²) in [5, 5.41) is 5.63. The Morgan fingerprint density at radius 1 is 1.30 bits per heavy atom. The zero-order valence-corrected chi connectivity index (χ0v) is 15.2. The van der Waals surface area contributed by atoms with Crippen molar-refractivity contribution >= 4 is 17.7 Å². The highest BCUT2D eigenvalue weighted by Crippen LogP contribution is 2.20. The molecule has 27 heavy (non-hydrogen) atoms. The van der Waals surface area contributed by atoms with Gasteiger partial charge in [-0.05, 0) is 25.5 Å². The summed E-state index contributed by atoms with van der Waals surface area (Å²) in [6.07, 6.45) is 7.53. The van der Waals surface area contributed by atoms with Gasteiger partial charge < -0.3 is 25.1 Å². The lowest BCUT2D eigenvalue weighted by Crippen LogP contribution is -2.46. The number of aryl methyl sites for hydroxylation is 1. The number of hydrogen-bond donors (Lipinski definition) is 3. The quantitative estimate of drug-likeness (QED) is 0.642. The van der Waals surface area contributed by atoms with E-state index in [1.54, 1.807) is 11.1 Å². The largest absolute Gasteiger partial charge is 0.355 e. The lowest BCUT2D eigenvalue weighted by Gasteiger charge is -2.23. The number of nitrogens with one attached hydrogen (secondary N) is 3. The van der Waals surface area contributed by atoms with Gasteiger partial charge in [0, 0.05) is 56.9 Å². The van der Waals surface area contributed by atoms with E-state index in [0.29, 0.717) is 32.5 Å². The number of aromatic amines is 1. The lowest BCUT2D eigenvalue weighted by molar-refractivity contribution is -0.138. The second-order valence-corrected chi connectivity index (χ2v) is 6.47. The Labute approximate surface area is 157 Å². The number of likely N-dealkylation sites (N-methyl/N-ethyl adjacent to an activating group) is 1. The van der Waals surface area contributed by atoms with Crippen LogP contribution in [0.15, 0.2) is 36.9 Å². The van der Waals surface area contributed by atoms with E-state index in [1.807, 2.05) is 36.0 Å². The summed E-state index contributed by atoms with van der Waals surface area (Å²) in [5.74, 6) is -0.431. The van der Waals surface area contributed by atoms with Crippen LogP contribution in [0, 0.1) is 0 Å². The van der Waals surface area contributed by atoms with Gasteiger partial charge in [0.25, 0.3) is 5.91 Å². The molecule has 2 atom stereocenters. The summed E-state index contributed by atoms with van der Waals surface area (Å²) >= 11 is 0. The Morgan fingerprint density at radius 3 is 2.74 bits per heavy atom. The third-order valence-electron chi connectivity index (χ3n) is 4.57. The zero-order chi connectivity index (χ0) is 19.2. The molecule has 1 saturated heterocycles. The molecule has 9 heteroatoms. The second-order valence-electron chi connectivity index (χ2n) is 6.47. The molecule has 3 amide bonds. The van der Waals surface area contributed by atoms with E-state index in [4.69, 9.17) is 0 Å². The Balaban J connectivity index is 1.64. The maximum Gasteiger partial charge on any atom is 0.287 e. The monoisotopic (exact) mass is 372 g/mol. The Hall–Kier alpha value is -3.10. The van der Waals surface area contributed by atoms with Crippen molar-refractivity contribution in [3.63, 3.8) is 0 Å². The first-order valence-corrected chi connectivity index (χ1v) is 9.06. The summed E-state index contributed by atoms with van der Waals surface area (Å²) in [5.41, 5.74) is 0. The summed E-state index contributed by atoms with van der Waals surface area (Å²) in [4.78, 5) is 45.6. The smallest absolute Gasteiger partial charge is 0.287 e. The molecule has 1 aliphatic rings. The van der Waals surface area contributed by atoms with Crippen molar-refractivity contribution in [3.05, 3.63) is 42.7 Å². The van der Waals surface area contributed by atoms with Crippen LogP contribution >= 0.6 is 0 Å². The number of likely N-dealkylation sites (tertiary alicyclic amines) is 1. The Bertz CT molecular complexity index is 771. The molecule has 2 aromatic rings. The molecular formula is C18H24N6O3. The molecule has 0 spiro atoms. The molecule has 0 aliphatic carbocycles. The molecule has 144 valence electrons. The normalized spacial score (nSPS) is 19.1. The minimum Gasteiger partial charge on any atom is -0.355 e. The third-order valence-corrected chi connectivity index (χ3v) is 4.57. The van der Waals surface area contributed by atoms with Gasteiger partial charge in [-0.15, -0.1) is 0 Å². The molecule has 3 heterocycles. The highest BCUT2D eigenvalue weighted by atomic mass is 16.2. The topological polar surface area (TPSA) is 112 Å². The van der Waals surface area contributed by atoms with E-state index >= 15 is 0 Å². The van der Waals surface area contributed by atoms with Crippen molar-refractivity contribution in [1.29, 1.82) is 0 Å². The van der Waals surface area contributed by atoms with Crippen LogP contribution in [-0.2, 0) is 16.1 Å². The van der Waals surface area contributed by atoms with Crippen LogP contribution in [0.1, 0.15) is 30.4 Å². The van der Waals surface area contributed by atoms with Gasteiger partial charge in [0.2, 0.25) is 11.8 Å². The van der Waals surface area contributed by atoms with E-state index < -0.39 is 6.04 Å². The second kappa shape index (κ2) is 8.52. The van der Waals surface area contributed by atoms with E-state index in [2.05, 4.69) is 20.6 Å². The van der Waals surface area contributed by atoms with Gasteiger partial charge in [-0.3, -0.25) is 14.4 Å². The van der Waals surface area contributed by atoms with Crippen LogP contribution in [0.2, 0.25) is 0 Å². The average Bonchev–Trinajstić information content (AvgIpc) is 3.40. The van der Waals surface area contributed by atoms with Gasteiger partial charge in [-0.2, -0.15) is 0 Å². The molecule has 3 rings (SSSR count). The number of nitrogens with zero attached hydrogens (tertiary/aromatic N) is 3. The number of carbonyl (C=O) groups excluding carboxylic acids is 3. The minimum atomic E-state index is -0.580. The molecule has 9 nitrogen and oxygen atoms in total. The van der Waals surface area contributed by atoms with E-state index in [-0.39, 0.29) is 29.6 Å². The highest BCUT2D eigenvalue weighted by molar-refractivity contribution is 5.91. The predicted octanol–water partition coefficient (Wildman–Crippen LogP) is 0.137. The average molecular weight is 372 g/mol. The van der Waals surface area contributed by atoms with E-state index in [1.165, 1.54) is 6.20 Å². The van der Waals surface area contributed by atoms with Crippen molar-refractivity contribution in [1.82, 2.24) is 30.1 Å². The van der Waals surface area contributed by atoms with Gasteiger partial charge in [0.05, 0.1) is 0 Å². The van der Waals surface area contributed by atoms with Gasteiger partial charge in [-0.25, -0.2) is 4.98 Å². The first kappa shape index (κ1) is 18.7. The molecule has 0 unspecified atom stereocenters. The minimum absolute atomic E-state index is 0.102. The highest BCUT2D eigenvalue weighted by Gasteiger charge is 2.39. The van der Waals surface area contributed by atoms with Crippen molar-refractivity contribution in [2.24, 2.45) is 0 Å². The third kappa shape index (κ3) is 4.55. The Morgan fingerprint density at radius 2 is 2.07 bits per heavy atom. The summed E-state index contributed by atoms with van der Waals surface area (Å²) in [6, 6.07) is 2.92. The van der Waals surface area contributed by atoms with Gasteiger partial charge in [-0.1, -0.05) is 0 Å². The number of rotatable bonds is 7. The first-order valence-electron chi connectivity index (χ1n) is 9.06. The maximum absolute atomic E-state index is 12.7. The zero-order valence-electron chi connectivity index (χ0n) is 15.2. The van der Waals surface area contributed by atoms with E-state index in [9.17, 15) is 14.4 Å². The standard InChI is InChI=1S/C18H24N6O3/c1-2-19-17(26)14-11-13(22-18(27)16-20-6-7-21-16)12-24(14)15(25)5-10-23-8-3-4-9-23/h3-4,6-9,13-14H,2,5,10-12H2,1H3,(H,19,26)(H,20,21)(H,22,27)/t13-,14-/m0/s1. The molecule has 1 fully saturated rings. The van der Waals surface area contributed by atoms with Crippen LogP contribution in [0.4, 0.5) is 0 Å². The van der Waals surface area contributed by atoms with E-state index in [0.717, 1.165) is 0 Å². The molecule has 0 saturated carbocycles. The number of aromatic nitrogens is 3. The summed E-state index contributed by atoms with van der Waals surface area (Å²) in [7, 11) is 0. The molecule has 0 bridgehead atoms. The van der Waals surface area contributed by atoms with Crippen molar-refractivity contribution in [2.75, 3.05) is 13.1 Å². The number of carbonyl (C=O) groups is 3. The SMILES string of the molecule is CCNC(=O)[C@@H]1C[C@H](NC(=O)c2ncc[nH]2)CN1C(=O)CCn1cccc1. The number of imidazole rings is 1. The summed E-state index contributed by atoms with van der Waals surface area (Å²) in [6.45, 7) is 3.18. The van der Waals surface area contributed by atoms with Crippen LogP contribution in [0.25, 0.3) is 0 Å². The van der Waals surface area contributed by atoms with Crippen molar-refractivity contribution in [2.45, 2.75) is 38.4 Å². The molecule has 2 aromatic heterocycles. The molecule has 1 aliphatic heterocycles. The summed E-state index contributed by atoms with van der Waals surface area (Å²) < 4.78 is 1.92. The van der Waals surface area contributed by atoms with Crippen LogP contribution in [0.3, 0.4) is 0 Å². The lowest BCUT2D eigenvalue weighted by atomic mass is 10.1. The molecule has 3 N–H and O–H groups in total. The molecular weight excluding hydrogens is 348 g/mol. The maximum atomic E-state index is 12.7. The Kier molecular flexibility index (Phi) is 5.90. The fourth-order valence-electron chi connectivity index (χ4n) is 3.29. The first-order chi connectivity index (χ1) is 13.1. The number of hydrogen-bond acceptors (Lipinski definition) is 4. The van der Waals surface area contributed by atoms with Gasteiger partial charge >= 0.3 is 0 Å². The predicted molar refractivity (Wildman–Crippen MR) is 97.7 cm³/mol.